The number of nitrogens with one attached hydrogen (secondary N) is 1. The highest BCUT2D eigenvalue weighted by molar-refractivity contribution is 5.90. The van der Waals surface area contributed by atoms with Crippen molar-refractivity contribution >= 4 is 17.3 Å². The lowest BCUT2D eigenvalue weighted by Gasteiger charge is -2.11. The second-order valence-electron chi connectivity index (χ2n) is 5.14. The largest absolute Gasteiger partial charge is 0.491 e. The average molecular weight is 319 g/mol. The Bertz CT molecular complexity index is 711. The van der Waals surface area contributed by atoms with E-state index in [0.717, 1.165) is 13.0 Å². The van der Waals surface area contributed by atoms with Crippen LogP contribution in [0, 0.1) is 10.1 Å². The first kappa shape index (κ1) is 16.5. The van der Waals surface area contributed by atoms with E-state index in [1.165, 1.54) is 25.1 Å². The minimum atomic E-state index is -0.513. The Balaban J connectivity index is 1.97. The van der Waals surface area contributed by atoms with Crippen molar-refractivity contribution in [3.8, 4) is 5.75 Å². The number of nitro groups is 1. The third-order valence-corrected chi connectivity index (χ3v) is 3.13. The number of anilines is 1. The maximum atomic E-state index is 11.2. The maximum absolute atomic E-state index is 11.2. The molecule has 0 unspecified atom stereocenters. The second-order valence-corrected chi connectivity index (χ2v) is 5.14. The molecule has 1 heterocycles. The van der Waals surface area contributed by atoms with Crippen molar-refractivity contribution < 1.29 is 19.0 Å². The summed E-state index contributed by atoms with van der Waals surface area (Å²) in [7, 11) is 1.95. The molecule has 1 amide bonds. The van der Waals surface area contributed by atoms with Gasteiger partial charge in [0.05, 0.1) is 30.8 Å². The number of imidazole rings is 1. The Morgan fingerprint density at radius 2 is 2.26 bits per heavy atom. The summed E-state index contributed by atoms with van der Waals surface area (Å²) >= 11 is 0. The summed E-state index contributed by atoms with van der Waals surface area (Å²) in [4.78, 5) is 21.5. The zero-order valence-electron chi connectivity index (χ0n) is 13.1. The van der Waals surface area contributed by atoms with Crippen LogP contribution >= 0.6 is 0 Å². The summed E-state index contributed by atoms with van der Waals surface area (Å²) < 4.78 is 9.63. The molecule has 23 heavy (non-hydrogen) atoms. The molecule has 0 aliphatic rings. The number of hydrogen-bond acceptors (Lipinski definition) is 4. The molecule has 0 saturated carbocycles. The molecule has 122 valence electrons. The molecule has 0 atom stereocenters. The maximum Gasteiger partial charge on any atom is 0.271 e. The third-order valence-electron chi connectivity index (χ3n) is 3.13. The Morgan fingerprint density at radius 1 is 1.48 bits per heavy atom. The summed E-state index contributed by atoms with van der Waals surface area (Å²) in [5.41, 5.74) is 0.208. The van der Waals surface area contributed by atoms with E-state index < -0.39 is 4.92 Å². The summed E-state index contributed by atoms with van der Waals surface area (Å²) in [5.74, 6) is 0.110. The number of benzene rings is 1. The fraction of sp³-hybridized carbons (Fsp3) is 0.333. The fourth-order valence-corrected chi connectivity index (χ4v) is 2.11. The number of carbonyl (C=O) groups excluding carboxylic acids is 1. The summed E-state index contributed by atoms with van der Waals surface area (Å²) in [6.07, 6.45) is 6.65. The first-order valence-electron chi connectivity index (χ1n) is 7.15. The lowest BCUT2D eigenvalue weighted by Crippen LogP contribution is -2.23. The third kappa shape index (κ3) is 4.80. The van der Waals surface area contributed by atoms with Gasteiger partial charge in [0.15, 0.2) is 0 Å². The number of aromatic nitrogens is 2. The fourth-order valence-electron chi connectivity index (χ4n) is 2.11. The molecule has 0 radical (unpaired) electrons. The van der Waals surface area contributed by atoms with Gasteiger partial charge in [-0.15, -0.1) is 0 Å². The normalized spacial score (nSPS) is 10.3. The molecule has 1 aromatic heterocycles. The van der Waals surface area contributed by atoms with Crippen LogP contribution in [0.1, 0.15) is 13.3 Å². The van der Waals surface area contributed by atoms with Gasteiger partial charge in [0, 0.05) is 25.5 Å². The van der Waals surface area contributed by atoms with Crippen molar-refractivity contribution in [2.45, 2.75) is 19.9 Å². The number of amides is 1. The molecular weight excluding hydrogens is 300 g/mol. The van der Waals surface area contributed by atoms with E-state index in [2.05, 4.69) is 5.32 Å². The van der Waals surface area contributed by atoms with Crippen LogP contribution in [0.15, 0.2) is 36.9 Å². The van der Waals surface area contributed by atoms with Crippen LogP contribution in [0.5, 0.6) is 5.75 Å². The highest BCUT2D eigenvalue weighted by Crippen LogP contribution is 2.29. The van der Waals surface area contributed by atoms with Crippen molar-refractivity contribution in [1.82, 2.24) is 4.57 Å². The number of rotatable bonds is 7. The Kier molecular flexibility index (Phi) is 5.29. The highest BCUT2D eigenvalue weighted by Gasteiger charge is 2.13. The molecule has 0 saturated heterocycles. The first-order valence-corrected chi connectivity index (χ1v) is 7.15. The van der Waals surface area contributed by atoms with E-state index in [4.69, 9.17) is 4.74 Å². The zero-order chi connectivity index (χ0) is 16.8. The summed E-state index contributed by atoms with van der Waals surface area (Å²) in [6, 6.07) is 4.15. The van der Waals surface area contributed by atoms with E-state index in [1.54, 1.807) is 0 Å². The lowest BCUT2D eigenvalue weighted by atomic mass is 10.2. The van der Waals surface area contributed by atoms with Crippen LogP contribution in [0.4, 0.5) is 11.4 Å². The smallest absolute Gasteiger partial charge is 0.271 e. The lowest BCUT2D eigenvalue weighted by molar-refractivity contribution is -0.671. The predicted octanol–water partition coefficient (Wildman–Crippen LogP) is 1.65. The predicted molar refractivity (Wildman–Crippen MR) is 83.1 cm³/mol. The minimum Gasteiger partial charge on any atom is -0.491 e. The molecule has 8 nitrogen and oxygen atoms in total. The van der Waals surface area contributed by atoms with Crippen LogP contribution in [-0.2, 0) is 18.4 Å². The number of non-ortho nitro benzene ring substituents is 1. The van der Waals surface area contributed by atoms with E-state index in [1.807, 2.05) is 34.9 Å². The molecule has 1 aromatic carbocycles. The number of nitrogens with zero attached hydrogens (tertiary/aromatic N) is 3. The number of aryl methyl sites for hydroxylation is 2. The second kappa shape index (κ2) is 7.39. The van der Waals surface area contributed by atoms with Crippen LogP contribution < -0.4 is 14.6 Å². The Labute approximate surface area is 133 Å². The van der Waals surface area contributed by atoms with E-state index >= 15 is 0 Å². The van der Waals surface area contributed by atoms with E-state index in [0.29, 0.717) is 18.0 Å². The minimum absolute atomic E-state index is 0.0964. The average Bonchev–Trinajstić information content (AvgIpc) is 2.89. The van der Waals surface area contributed by atoms with E-state index in [9.17, 15) is 14.9 Å². The molecule has 8 heteroatoms. The van der Waals surface area contributed by atoms with Crippen LogP contribution in [0.25, 0.3) is 0 Å². The molecule has 0 spiro atoms. The van der Waals surface area contributed by atoms with Crippen molar-refractivity contribution in [2.24, 2.45) is 7.05 Å². The standard InChI is InChI=1S/C15H18N4O4/c1-12(20)16-14-10-13(19(21)22)4-5-15(14)23-9-3-6-18-8-7-17(2)11-18/h4-5,7-8,10-11H,3,6,9H2,1-2H3/p+1. The molecule has 0 aliphatic carbocycles. The zero-order valence-corrected chi connectivity index (χ0v) is 13.1. The van der Waals surface area contributed by atoms with Crippen LogP contribution in [-0.4, -0.2) is 22.0 Å². The van der Waals surface area contributed by atoms with Crippen molar-refractivity contribution in [1.29, 1.82) is 0 Å². The van der Waals surface area contributed by atoms with Gasteiger partial charge >= 0.3 is 0 Å². The number of ether oxygens (including phenoxy) is 1. The molecule has 0 fully saturated rings. The van der Waals surface area contributed by atoms with Gasteiger partial charge in [-0.2, -0.15) is 0 Å². The van der Waals surface area contributed by atoms with Gasteiger partial charge in [0.2, 0.25) is 12.2 Å². The van der Waals surface area contributed by atoms with Crippen molar-refractivity contribution in [3.63, 3.8) is 0 Å². The molecule has 2 aromatic rings. The first-order chi connectivity index (χ1) is 11.0. The van der Waals surface area contributed by atoms with Gasteiger partial charge in [0.1, 0.15) is 18.1 Å². The van der Waals surface area contributed by atoms with Gasteiger partial charge in [-0.05, 0) is 6.07 Å². The van der Waals surface area contributed by atoms with Gasteiger partial charge in [-0.25, -0.2) is 9.13 Å². The van der Waals surface area contributed by atoms with Crippen LogP contribution in [0.2, 0.25) is 0 Å². The molecule has 0 bridgehead atoms. The van der Waals surface area contributed by atoms with Gasteiger partial charge in [-0.3, -0.25) is 14.9 Å². The number of hydrogen-bond donors (Lipinski definition) is 1. The quantitative estimate of drug-likeness (QED) is 0.363. The molecule has 2 rings (SSSR count). The van der Waals surface area contributed by atoms with Crippen molar-refractivity contribution in [2.75, 3.05) is 11.9 Å². The van der Waals surface area contributed by atoms with Gasteiger partial charge in [0.25, 0.3) is 5.69 Å². The molecule has 1 N–H and O–H groups in total. The van der Waals surface area contributed by atoms with Crippen molar-refractivity contribution in [3.05, 3.63) is 47.0 Å². The number of nitro benzene ring substituents is 1. The SMILES string of the molecule is CC(=O)Nc1cc([N+](=O)[O-])ccc1OCCCn1cc[n+](C)c1. The summed E-state index contributed by atoms with van der Waals surface area (Å²) in [6.45, 7) is 2.57. The Hall–Kier alpha value is -2.90. The van der Waals surface area contributed by atoms with Gasteiger partial charge in [-0.1, -0.05) is 0 Å². The summed E-state index contributed by atoms with van der Waals surface area (Å²) in [5, 5.41) is 13.4. The molecule has 0 aliphatic heterocycles. The number of carbonyl (C=O) groups is 1. The Morgan fingerprint density at radius 3 is 2.87 bits per heavy atom. The van der Waals surface area contributed by atoms with Gasteiger partial charge < -0.3 is 10.1 Å². The monoisotopic (exact) mass is 319 g/mol. The van der Waals surface area contributed by atoms with E-state index in [-0.39, 0.29) is 11.6 Å². The highest BCUT2D eigenvalue weighted by atomic mass is 16.6. The molecular formula is C15H19N4O4+. The van der Waals surface area contributed by atoms with Crippen LogP contribution in [0.3, 0.4) is 0 Å². The topological polar surface area (TPSA) is 90.3 Å².